The fraction of sp³-hybridized carbons (Fsp3) is 0.333. The predicted molar refractivity (Wildman–Crippen MR) is 52.6 cm³/mol. The number of benzene rings is 1. The molecule has 1 aromatic carbocycles. The van der Waals surface area contributed by atoms with Crippen LogP contribution >= 0.6 is 0 Å². The zero-order valence-corrected chi connectivity index (χ0v) is 8.07. The van der Waals surface area contributed by atoms with Crippen LogP contribution in [0.1, 0.15) is 18.5 Å². The van der Waals surface area contributed by atoms with Crippen molar-refractivity contribution in [2.45, 2.75) is 19.0 Å². The molecule has 0 amide bonds. The maximum Gasteiger partial charge on any atom is 0.303 e. The van der Waals surface area contributed by atoms with Crippen LogP contribution in [-0.2, 0) is 0 Å². The van der Waals surface area contributed by atoms with Gasteiger partial charge >= 0.3 is 6.04 Å². The van der Waals surface area contributed by atoms with Crippen molar-refractivity contribution in [1.29, 1.82) is 0 Å². The number of hydrogen-bond donors (Lipinski definition) is 0. The number of hydrogen-bond acceptors (Lipinski definition) is 4. The normalized spacial score (nSPS) is 14.2. The maximum absolute atomic E-state index is 10.7. The summed E-state index contributed by atoms with van der Waals surface area (Å²) >= 11 is 0. The van der Waals surface area contributed by atoms with Gasteiger partial charge in [-0.25, -0.2) is 0 Å². The van der Waals surface area contributed by atoms with Crippen LogP contribution in [0.25, 0.3) is 0 Å². The maximum atomic E-state index is 10.7. The van der Waals surface area contributed by atoms with Crippen LogP contribution in [0.3, 0.4) is 0 Å². The summed E-state index contributed by atoms with van der Waals surface area (Å²) < 4.78 is 0. The van der Waals surface area contributed by atoms with Crippen LogP contribution in [0.2, 0.25) is 0 Å². The van der Waals surface area contributed by atoms with Gasteiger partial charge in [-0.15, -0.1) is 0 Å². The summed E-state index contributed by atoms with van der Waals surface area (Å²) in [5.41, 5.74) is 0.353. The molecule has 0 spiro atoms. The molecule has 2 unspecified atom stereocenters. The smallest absolute Gasteiger partial charge is 0.264 e. The molecule has 0 aliphatic heterocycles. The number of rotatable bonds is 4. The van der Waals surface area contributed by atoms with E-state index in [2.05, 4.69) is 0 Å². The van der Waals surface area contributed by atoms with Gasteiger partial charge in [-0.3, -0.25) is 20.2 Å². The molecule has 0 N–H and O–H groups in total. The van der Waals surface area contributed by atoms with E-state index in [4.69, 9.17) is 0 Å². The Bertz CT molecular complexity index is 366. The van der Waals surface area contributed by atoms with Gasteiger partial charge in [0, 0.05) is 22.3 Å². The van der Waals surface area contributed by atoms with Crippen molar-refractivity contribution in [3.05, 3.63) is 56.1 Å². The van der Waals surface area contributed by atoms with E-state index in [1.807, 2.05) is 0 Å². The molecule has 0 heterocycles. The van der Waals surface area contributed by atoms with Gasteiger partial charge in [-0.2, -0.15) is 0 Å². The van der Waals surface area contributed by atoms with Gasteiger partial charge < -0.3 is 0 Å². The van der Waals surface area contributed by atoms with E-state index in [0.29, 0.717) is 5.56 Å². The van der Waals surface area contributed by atoms with Crippen LogP contribution in [0.5, 0.6) is 0 Å². The molecule has 0 saturated heterocycles. The molecule has 6 nitrogen and oxygen atoms in total. The second-order valence-electron chi connectivity index (χ2n) is 3.17. The zero-order chi connectivity index (χ0) is 11.4. The molecule has 1 aromatic rings. The molecule has 0 radical (unpaired) electrons. The Morgan fingerprint density at radius 3 is 2.00 bits per heavy atom. The highest BCUT2D eigenvalue weighted by Crippen LogP contribution is 2.21. The quantitative estimate of drug-likeness (QED) is 0.558. The van der Waals surface area contributed by atoms with Crippen molar-refractivity contribution in [2.24, 2.45) is 0 Å². The average molecular weight is 210 g/mol. The zero-order valence-electron chi connectivity index (χ0n) is 8.07. The van der Waals surface area contributed by atoms with E-state index < -0.39 is 21.9 Å². The molecule has 0 bridgehead atoms. The van der Waals surface area contributed by atoms with E-state index in [0.717, 1.165) is 0 Å². The molecule has 0 aliphatic rings. The third-order valence-corrected chi connectivity index (χ3v) is 2.16. The molecule has 0 aliphatic carbocycles. The van der Waals surface area contributed by atoms with Crippen LogP contribution in [0.15, 0.2) is 30.3 Å². The number of nitro groups is 2. The highest BCUT2D eigenvalue weighted by molar-refractivity contribution is 5.18. The van der Waals surface area contributed by atoms with Crippen LogP contribution in [0.4, 0.5) is 0 Å². The molecule has 0 aromatic heterocycles. The minimum absolute atomic E-state index is 0.353. The molecule has 2 atom stereocenters. The summed E-state index contributed by atoms with van der Waals surface area (Å²) in [6, 6.07) is 5.47. The van der Waals surface area contributed by atoms with Crippen molar-refractivity contribution in [2.75, 3.05) is 0 Å². The Balaban J connectivity index is 3.04. The Morgan fingerprint density at radius 2 is 1.60 bits per heavy atom. The van der Waals surface area contributed by atoms with Gasteiger partial charge in [0.2, 0.25) is 0 Å². The molecular formula is C9H10N2O4. The fourth-order valence-electron chi connectivity index (χ4n) is 1.34. The SMILES string of the molecule is CC(C(c1ccccc1)[N+](=O)[O-])[N+](=O)[O-]. The highest BCUT2D eigenvalue weighted by atomic mass is 16.6. The summed E-state index contributed by atoms with van der Waals surface area (Å²) in [7, 11) is 0. The lowest BCUT2D eigenvalue weighted by atomic mass is 10.0. The second kappa shape index (κ2) is 4.50. The Hall–Kier alpha value is -1.98. The topological polar surface area (TPSA) is 86.3 Å². The minimum atomic E-state index is -1.29. The third-order valence-electron chi connectivity index (χ3n) is 2.16. The summed E-state index contributed by atoms with van der Waals surface area (Å²) in [6.07, 6.45) is 0. The summed E-state index contributed by atoms with van der Waals surface area (Å²) in [5, 5.41) is 21.3. The van der Waals surface area contributed by atoms with Crippen LogP contribution < -0.4 is 0 Å². The summed E-state index contributed by atoms with van der Waals surface area (Å²) in [6.45, 7) is 1.24. The average Bonchev–Trinajstić information content (AvgIpc) is 2.18. The Kier molecular flexibility index (Phi) is 3.33. The van der Waals surface area contributed by atoms with E-state index in [1.54, 1.807) is 18.2 Å². The third kappa shape index (κ3) is 2.49. The standard InChI is InChI=1S/C9H10N2O4/c1-7(10(12)13)9(11(14)15)8-5-3-2-4-6-8/h2-7,9H,1H3. The molecule has 1 rings (SSSR count). The predicted octanol–water partition coefficient (Wildman–Crippen LogP) is 1.67. The Labute approximate surface area is 85.8 Å². The lowest BCUT2D eigenvalue weighted by Crippen LogP contribution is -2.29. The van der Waals surface area contributed by atoms with E-state index in [1.165, 1.54) is 19.1 Å². The molecule has 15 heavy (non-hydrogen) atoms. The highest BCUT2D eigenvalue weighted by Gasteiger charge is 2.38. The van der Waals surface area contributed by atoms with Crippen LogP contribution in [-0.4, -0.2) is 15.9 Å². The van der Waals surface area contributed by atoms with E-state index in [-0.39, 0.29) is 0 Å². The number of nitrogens with zero attached hydrogens (tertiary/aromatic N) is 2. The van der Waals surface area contributed by atoms with Crippen molar-refractivity contribution in [1.82, 2.24) is 0 Å². The molecule has 80 valence electrons. The molecule has 0 fully saturated rings. The minimum Gasteiger partial charge on any atom is -0.264 e. The Morgan fingerprint density at radius 1 is 1.07 bits per heavy atom. The van der Waals surface area contributed by atoms with Crippen molar-refractivity contribution >= 4 is 0 Å². The van der Waals surface area contributed by atoms with Gasteiger partial charge in [0.25, 0.3) is 6.04 Å². The van der Waals surface area contributed by atoms with E-state index >= 15 is 0 Å². The first-order chi connectivity index (χ1) is 7.04. The van der Waals surface area contributed by atoms with Gasteiger partial charge in [-0.1, -0.05) is 30.3 Å². The van der Waals surface area contributed by atoms with Crippen molar-refractivity contribution < 1.29 is 9.85 Å². The first-order valence-electron chi connectivity index (χ1n) is 4.36. The first kappa shape index (κ1) is 11.1. The monoisotopic (exact) mass is 210 g/mol. The fourth-order valence-corrected chi connectivity index (χ4v) is 1.34. The lowest BCUT2D eigenvalue weighted by Gasteiger charge is -2.10. The molecular weight excluding hydrogens is 200 g/mol. The summed E-state index contributed by atoms with van der Waals surface area (Å²) in [4.78, 5) is 20.0. The van der Waals surface area contributed by atoms with Gasteiger partial charge in [0.15, 0.2) is 0 Å². The lowest BCUT2D eigenvalue weighted by molar-refractivity contribution is -0.619. The molecule has 6 heteroatoms. The van der Waals surface area contributed by atoms with Crippen LogP contribution in [0, 0.1) is 20.2 Å². The first-order valence-corrected chi connectivity index (χ1v) is 4.36. The van der Waals surface area contributed by atoms with Gasteiger partial charge in [-0.05, 0) is 0 Å². The van der Waals surface area contributed by atoms with E-state index in [9.17, 15) is 20.2 Å². The van der Waals surface area contributed by atoms with Crippen molar-refractivity contribution in [3.8, 4) is 0 Å². The largest absolute Gasteiger partial charge is 0.303 e. The summed E-state index contributed by atoms with van der Waals surface area (Å²) in [5.74, 6) is 0. The van der Waals surface area contributed by atoms with Crippen molar-refractivity contribution in [3.63, 3.8) is 0 Å². The second-order valence-corrected chi connectivity index (χ2v) is 3.17. The van der Waals surface area contributed by atoms with Gasteiger partial charge in [0.1, 0.15) is 0 Å². The van der Waals surface area contributed by atoms with Gasteiger partial charge in [0.05, 0.1) is 0 Å². The molecule has 0 saturated carbocycles.